The summed E-state index contributed by atoms with van der Waals surface area (Å²) in [5, 5.41) is 0. The van der Waals surface area contributed by atoms with Gasteiger partial charge in [0.05, 0.1) is 0 Å². The van der Waals surface area contributed by atoms with Crippen molar-refractivity contribution in [3.8, 4) is 0 Å². The van der Waals surface area contributed by atoms with Crippen molar-refractivity contribution in [1.29, 1.82) is 0 Å². The van der Waals surface area contributed by atoms with Gasteiger partial charge in [0.15, 0.2) is 5.83 Å². The number of carbonyl (C=O) groups excluding carboxylic acids is 1. The molecular formula is C5HF5O. The summed E-state index contributed by atoms with van der Waals surface area (Å²) < 4.78 is 59.7. The summed E-state index contributed by atoms with van der Waals surface area (Å²) in [7, 11) is 0. The summed E-state index contributed by atoms with van der Waals surface area (Å²) in [4.78, 5) is 9.98. The van der Waals surface area contributed by atoms with Crippen molar-refractivity contribution >= 4 is 5.78 Å². The van der Waals surface area contributed by atoms with E-state index in [1.165, 1.54) is 0 Å². The molecule has 1 rings (SSSR count). The topological polar surface area (TPSA) is 17.1 Å². The number of hydrogen-bond acceptors (Lipinski definition) is 1. The average molecular weight is 172 g/mol. The van der Waals surface area contributed by atoms with Gasteiger partial charge >= 0.3 is 11.8 Å². The second-order valence-corrected chi connectivity index (χ2v) is 2.01. The minimum absolute atomic E-state index is 0.389. The number of allylic oxidation sites excluding steroid dienone is 2. The highest BCUT2D eigenvalue weighted by atomic mass is 19.3. The molecule has 0 aromatic carbocycles. The summed E-state index contributed by atoms with van der Waals surface area (Å²) in [6.45, 7) is 0. The quantitative estimate of drug-likeness (QED) is 0.508. The SMILES string of the molecule is O=C1C=C(F)C(F)(F)C1(F)F. The van der Waals surface area contributed by atoms with Gasteiger partial charge < -0.3 is 0 Å². The normalized spacial score (nSPS) is 27.0. The Hall–Kier alpha value is -0.940. The van der Waals surface area contributed by atoms with Gasteiger partial charge in [-0.05, 0) is 0 Å². The van der Waals surface area contributed by atoms with E-state index >= 15 is 0 Å². The standard InChI is InChI=1S/C5HF5O/c6-2-1-3(11)5(9,10)4(2,7)8/h1H. The summed E-state index contributed by atoms with van der Waals surface area (Å²) in [5.41, 5.74) is 0. The molecule has 0 aliphatic heterocycles. The summed E-state index contributed by atoms with van der Waals surface area (Å²) >= 11 is 0. The zero-order valence-corrected chi connectivity index (χ0v) is 4.88. The fraction of sp³-hybridized carbons (Fsp3) is 0.400. The minimum Gasteiger partial charge on any atom is -0.288 e. The van der Waals surface area contributed by atoms with Crippen LogP contribution in [0.15, 0.2) is 11.9 Å². The monoisotopic (exact) mass is 172 g/mol. The van der Waals surface area contributed by atoms with Crippen LogP contribution in [0.3, 0.4) is 0 Å². The van der Waals surface area contributed by atoms with Crippen LogP contribution >= 0.6 is 0 Å². The van der Waals surface area contributed by atoms with E-state index in [0.29, 0.717) is 0 Å². The first kappa shape index (κ1) is 8.16. The molecule has 0 N–H and O–H groups in total. The van der Waals surface area contributed by atoms with E-state index in [0.717, 1.165) is 0 Å². The largest absolute Gasteiger partial charge is 0.377 e. The van der Waals surface area contributed by atoms with Gasteiger partial charge in [-0.15, -0.1) is 0 Å². The van der Waals surface area contributed by atoms with E-state index in [1.807, 2.05) is 0 Å². The highest BCUT2D eigenvalue weighted by molar-refractivity contribution is 6.00. The van der Waals surface area contributed by atoms with Crippen LogP contribution < -0.4 is 0 Å². The second-order valence-electron chi connectivity index (χ2n) is 2.01. The first-order chi connectivity index (χ1) is 4.80. The Morgan fingerprint density at radius 2 is 1.55 bits per heavy atom. The first-order valence-corrected chi connectivity index (χ1v) is 2.48. The molecule has 0 radical (unpaired) electrons. The van der Waals surface area contributed by atoms with Crippen LogP contribution in [0, 0.1) is 0 Å². The predicted molar refractivity (Wildman–Crippen MR) is 24.1 cm³/mol. The van der Waals surface area contributed by atoms with Gasteiger partial charge in [-0.25, -0.2) is 4.39 Å². The smallest absolute Gasteiger partial charge is 0.288 e. The molecule has 0 heterocycles. The van der Waals surface area contributed by atoms with Gasteiger partial charge in [0.2, 0.25) is 5.78 Å². The summed E-state index contributed by atoms with van der Waals surface area (Å²) in [6.07, 6.45) is -0.389. The van der Waals surface area contributed by atoms with Gasteiger partial charge in [0.1, 0.15) is 0 Å². The van der Waals surface area contributed by atoms with Crippen LogP contribution in [0.5, 0.6) is 0 Å². The zero-order valence-electron chi connectivity index (χ0n) is 4.88. The lowest BCUT2D eigenvalue weighted by Gasteiger charge is -2.16. The predicted octanol–water partition coefficient (Wildman–Crippen LogP) is 1.69. The molecule has 0 amide bonds. The molecule has 1 aliphatic rings. The summed E-state index contributed by atoms with van der Waals surface area (Å²) in [5.74, 6) is -14.5. The van der Waals surface area contributed by atoms with Crippen molar-refractivity contribution in [2.24, 2.45) is 0 Å². The third kappa shape index (κ3) is 0.780. The van der Waals surface area contributed by atoms with Gasteiger partial charge in [-0.1, -0.05) is 0 Å². The number of carbonyl (C=O) groups is 1. The molecule has 0 aromatic rings. The highest BCUT2D eigenvalue weighted by Gasteiger charge is 2.68. The van der Waals surface area contributed by atoms with Crippen LogP contribution in [0.25, 0.3) is 0 Å². The van der Waals surface area contributed by atoms with Crippen molar-refractivity contribution in [1.82, 2.24) is 0 Å². The maximum atomic E-state index is 12.0. The lowest BCUT2D eigenvalue weighted by molar-refractivity contribution is -0.186. The Balaban J connectivity index is 3.17. The second kappa shape index (κ2) is 1.80. The van der Waals surface area contributed by atoms with Crippen molar-refractivity contribution in [3.63, 3.8) is 0 Å². The third-order valence-electron chi connectivity index (χ3n) is 1.26. The van der Waals surface area contributed by atoms with E-state index in [-0.39, 0.29) is 6.08 Å². The molecule has 0 fully saturated rings. The van der Waals surface area contributed by atoms with Gasteiger partial charge in [0.25, 0.3) is 0 Å². The molecule has 0 aromatic heterocycles. The Kier molecular flexibility index (Phi) is 1.34. The molecule has 11 heavy (non-hydrogen) atoms. The van der Waals surface area contributed by atoms with E-state index in [4.69, 9.17) is 0 Å². The van der Waals surface area contributed by atoms with Crippen LogP contribution in [-0.2, 0) is 4.79 Å². The molecule has 0 bridgehead atoms. The number of rotatable bonds is 0. The highest BCUT2D eigenvalue weighted by Crippen LogP contribution is 2.46. The number of halogens is 5. The van der Waals surface area contributed by atoms with Gasteiger partial charge in [-0.2, -0.15) is 17.6 Å². The van der Waals surface area contributed by atoms with Crippen molar-refractivity contribution in [2.45, 2.75) is 11.8 Å². The third-order valence-corrected chi connectivity index (χ3v) is 1.26. The van der Waals surface area contributed by atoms with Crippen LogP contribution in [0.2, 0.25) is 0 Å². The molecule has 0 spiro atoms. The Morgan fingerprint density at radius 1 is 1.09 bits per heavy atom. The van der Waals surface area contributed by atoms with Crippen LogP contribution in [0.1, 0.15) is 0 Å². The molecule has 0 saturated carbocycles. The first-order valence-electron chi connectivity index (χ1n) is 2.48. The molecule has 62 valence electrons. The molecule has 6 heteroatoms. The zero-order chi connectivity index (χ0) is 8.86. The molecule has 1 nitrogen and oxygen atoms in total. The molecular weight excluding hydrogens is 171 g/mol. The maximum Gasteiger partial charge on any atom is 0.377 e. The summed E-state index contributed by atoms with van der Waals surface area (Å²) in [6, 6.07) is 0. The Labute approximate surface area is 57.5 Å². The van der Waals surface area contributed by atoms with Crippen LogP contribution in [-0.4, -0.2) is 17.6 Å². The fourth-order valence-electron chi connectivity index (χ4n) is 0.601. The fourth-order valence-corrected chi connectivity index (χ4v) is 0.601. The van der Waals surface area contributed by atoms with E-state index in [2.05, 4.69) is 0 Å². The number of alkyl halides is 4. The van der Waals surface area contributed by atoms with Gasteiger partial charge in [0, 0.05) is 6.08 Å². The van der Waals surface area contributed by atoms with Crippen molar-refractivity contribution < 1.29 is 26.7 Å². The molecule has 0 saturated heterocycles. The number of ketones is 1. The van der Waals surface area contributed by atoms with Gasteiger partial charge in [-0.3, -0.25) is 4.79 Å². The van der Waals surface area contributed by atoms with E-state index < -0.39 is 23.5 Å². The van der Waals surface area contributed by atoms with Crippen LogP contribution in [0.4, 0.5) is 22.0 Å². The van der Waals surface area contributed by atoms with E-state index in [9.17, 15) is 26.7 Å². The number of hydrogen-bond donors (Lipinski definition) is 0. The lowest BCUT2D eigenvalue weighted by atomic mass is 10.2. The molecule has 0 unspecified atom stereocenters. The van der Waals surface area contributed by atoms with E-state index in [1.54, 1.807) is 0 Å². The lowest BCUT2D eigenvalue weighted by Crippen LogP contribution is -2.41. The minimum atomic E-state index is -4.97. The maximum absolute atomic E-state index is 12.0. The molecule has 0 atom stereocenters. The Bertz CT molecular complexity index is 241. The Morgan fingerprint density at radius 3 is 1.64 bits per heavy atom. The molecule has 1 aliphatic carbocycles. The van der Waals surface area contributed by atoms with Crippen molar-refractivity contribution in [3.05, 3.63) is 11.9 Å². The van der Waals surface area contributed by atoms with Crippen molar-refractivity contribution in [2.75, 3.05) is 0 Å². The average Bonchev–Trinajstić information content (AvgIpc) is 1.95.